The Morgan fingerprint density at radius 3 is 2.56 bits per heavy atom. The number of benzene rings is 3. The van der Waals surface area contributed by atoms with Crippen molar-refractivity contribution in [1.29, 1.82) is 0 Å². The van der Waals surface area contributed by atoms with Gasteiger partial charge in [0.25, 0.3) is 0 Å². The van der Waals surface area contributed by atoms with Gasteiger partial charge in [-0.25, -0.2) is 9.18 Å². The van der Waals surface area contributed by atoms with E-state index in [-0.39, 0.29) is 17.8 Å². The average molecular weight is 433 g/mol. The first-order valence-corrected chi connectivity index (χ1v) is 10.2. The van der Waals surface area contributed by atoms with Crippen molar-refractivity contribution in [3.05, 3.63) is 89.9 Å². The molecule has 3 N–H and O–H groups in total. The molecule has 164 valence electrons. The minimum atomic E-state index is -0.386. The molecule has 4 aromatic rings. The van der Waals surface area contributed by atoms with Crippen LogP contribution in [0.5, 0.6) is 11.5 Å². The van der Waals surface area contributed by atoms with E-state index in [2.05, 4.69) is 15.6 Å². The Hall–Kier alpha value is -4.00. The van der Waals surface area contributed by atoms with Crippen LogP contribution in [-0.4, -0.2) is 31.8 Å². The summed E-state index contributed by atoms with van der Waals surface area (Å²) in [6.45, 7) is 0.311. The number of methoxy groups -OCH3 is 2. The van der Waals surface area contributed by atoms with Gasteiger partial charge in [0.2, 0.25) is 0 Å². The molecule has 0 aliphatic rings. The minimum Gasteiger partial charge on any atom is -0.497 e. The normalized spacial score (nSPS) is 11.7. The molecule has 1 unspecified atom stereocenters. The fourth-order valence-electron chi connectivity index (χ4n) is 3.76. The highest BCUT2D eigenvalue weighted by molar-refractivity contribution is 5.91. The lowest BCUT2D eigenvalue weighted by molar-refractivity contribution is 0.251. The Bertz CT molecular complexity index is 1220. The Labute approximate surface area is 185 Å². The zero-order chi connectivity index (χ0) is 22.5. The molecule has 32 heavy (non-hydrogen) atoms. The van der Waals surface area contributed by atoms with Gasteiger partial charge in [-0.05, 0) is 41.5 Å². The Balaban J connectivity index is 1.57. The van der Waals surface area contributed by atoms with Gasteiger partial charge in [-0.15, -0.1) is 0 Å². The van der Waals surface area contributed by atoms with Gasteiger partial charge in [-0.2, -0.15) is 0 Å². The van der Waals surface area contributed by atoms with Crippen LogP contribution >= 0.6 is 0 Å². The fraction of sp³-hybridized carbons (Fsp3) is 0.160. The fourth-order valence-corrected chi connectivity index (χ4v) is 3.76. The van der Waals surface area contributed by atoms with E-state index in [1.165, 1.54) is 19.2 Å². The topological polar surface area (TPSA) is 75.4 Å². The van der Waals surface area contributed by atoms with Gasteiger partial charge in [0.1, 0.15) is 17.3 Å². The molecule has 0 saturated heterocycles. The van der Waals surface area contributed by atoms with E-state index in [1.807, 2.05) is 30.5 Å². The Kier molecular flexibility index (Phi) is 6.26. The van der Waals surface area contributed by atoms with E-state index in [0.29, 0.717) is 23.7 Å². The van der Waals surface area contributed by atoms with E-state index in [0.717, 1.165) is 22.0 Å². The summed E-state index contributed by atoms with van der Waals surface area (Å²) in [5.41, 5.74) is 3.41. The molecule has 1 atom stereocenters. The lowest BCUT2D eigenvalue weighted by Crippen LogP contribution is -2.32. The number of para-hydroxylation sites is 1. The number of carbonyl (C=O) groups is 1. The highest BCUT2D eigenvalue weighted by Crippen LogP contribution is 2.31. The highest BCUT2D eigenvalue weighted by Gasteiger charge is 2.20. The van der Waals surface area contributed by atoms with Crippen LogP contribution in [0.3, 0.4) is 0 Å². The number of anilines is 1. The number of halogens is 1. The maximum Gasteiger partial charge on any atom is 0.319 e. The van der Waals surface area contributed by atoms with E-state index >= 15 is 0 Å². The smallest absolute Gasteiger partial charge is 0.319 e. The third-order valence-corrected chi connectivity index (χ3v) is 5.39. The lowest BCUT2D eigenvalue weighted by atomic mass is 9.91. The molecule has 0 aliphatic heterocycles. The number of urea groups is 1. The predicted molar refractivity (Wildman–Crippen MR) is 123 cm³/mol. The molecule has 2 amide bonds. The summed E-state index contributed by atoms with van der Waals surface area (Å²) in [6.07, 6.45) is 1.93. The van der Waals surface area contributed by atoms with Crippen molar-refractivity contribution in [3.63, 3.8) is 0 Å². The lowest BCUT2D eigenvalue weighted by Gasteiger charge is -2.19. The largest absolute Gasteiger partial charge is 0.497 e. The van der Waals surface area contributed by atoms with Gasteiger partial charge < -0.3 is 25.1 Å². The predicted octanol–water partition coefficient (Wildman–Crippen LogP) is 5.28. The number of aromatic amines is 1. The molecule has 0 spiro atoms. The minimum absolute atomic E-state index is 0.176. The van der Waals surface area contributed by atoms with Gasteiger partial charge in [0.15, 0.2) is 0 Å². The Morgan fingerprint density at radius 2 is 1.81 bits per heavy atom. The standard InChI is InChI=1S/C25H24FN3O3/c1-31-18-11-12-24(32-2)23(13-18)29-25(30)28-14-20(16-7-9-17(26)10-8-16)21-15-27-22-6-4-3-5-19(21)22/h3-13,15,20,27H,14H2,1-2H3,(H2,28,29,30). The number of nitrogens with one attached hydrogen (secondary N) is 3. The first kappa shape index (κ1) is 21.2. The number of aromatic nitrogens is 1. The molecule has 0 saturated carbocycles. The number of H-pyrrole nitrogens is 1. The zero-order valence-corrected chi connectivity index (χ0v) is 17.8. The molecule has 1 heterocycles. The van der Waals surface area contributed by atoms with Crippen molar-refractivity contribution in [2.45, 2.75) is 5.92 Å². The van der Waals surface area contributed by atoms with Crippen molar-refractivity contribution in [1.82, 2.24) is 10.3 Å². The molecular weight excluding hydrogens is 409 g/mol. The number of carbonyl (C=O) groups excluding carboxylic acids is 1. The Morgan fingerprint density at radius 1 is 1.03 bits per heavy atom. The maximum atomic E-state index is 13.5. The summed E-state index contributed by atoms with van der Waals surface area (Å²) < 4.78 is 24.1. The molecule has 3 aromatic carbocycles. The van der Waals surface area contributed by atoms with E-state index in [1.54, 1.807) is 37.4 Å². The number of amides is 2. The summed E-state index contributed by atoms with van der Waals surface area (Å²) in [7, 11) is 3.09. The second-order valence-corrected chi connectivity index (χ2v) is 7.29. The van der Waals surface area contributed by atoms with Crippen LogP contribution in [-0.2, 0) is 0 Å². The summed E-state index contributed by atoms with van der Waals surface area (Å²) in [5, 5.41) is 6.80. The monoisotopic (exact) mass is 433 g/mol. The number of ether oxygens (including phenoxy) is 2. The average Bonchev–Trinajstić information content (AvgIpc) is 3.24. The second-order valence-electron chi connectivity index (χ2n) is 7.29. The van der Waals surface area contributed by atoms with Crippen LogP contribution < -0.4 is 20.1 Å². The number of fused-ring (bicyclic) bond motifs is 1. The van der Waals surface area contributed by atoms with Gasteiger partial charge in [0, 0.05) is 35.6 Å². The van der Waals surface area contributed by atoms with E-state index in [4.69, 9.17) is 9.47 Å². The molecule has 0 aliphatic carbocycles. The maximum absolute atomic E-state index is 13.5. The highest BCUT2D eigenvalue weighted by atomic mass is 19.1. The van der Waals surface area contributed by atoms with Crippen molar-refractivity contribution in [2.75, 3.05) is 26.1 Å². The quantitative estimate of drug-likeness (QED) is 0.371. The van der Waals surface area contributed by atoms with Crippen molar-refractivity contribution in [3.8, 4) is 11.5 Å². The third-order valence-electron chi connectivity index (χ3n) is 5.39. The molecular formula is C25H24FN3O3. The van der Waals surface area contributed by atoms with Crippen LogP contribution in [0.1, 0.15) is 17.0 Å². The van der Waals surface area contributed by atoms with Gasteiger partial charge in [-0.3, -0.25) is 0 Å². The van der Waals surface area contributed by atoms with Gasteiger partial charge in [-0.1, -0.05) is 30.3 Å². The molecule has 0 fully saturated rings. The van der Waals surface area contributed by atoms with Crippen molar-refractivity contribution in [2.24, 2.45) is 0 Å². The summed E-state index contributed by atoms with van der Waals surface area (Å²) in [4.78, 5) is 16.0. The molecule has 7 heteroatoms. The number of rotatable bonds is 7. The first-order valence-electron chi connectivity index (χ1n) is 10.2. The molecule has 6 nitrogen and oxygen atoms in total. The van der Waals surface area contributed by atoms with E-state index < -0.39 is 0 Å². The second kappa shape index (κ2) is 9.43. The van der Waals surface area contributed by atoms with Crippen LogP contribution in [0.4, 0.5) is 14.9 Å². The first-order chi connectivity index (χ1) is 15.6. The van der Waals surface area contributed by atoms with Gasteiger partial charge >= 0.3 is 6.03 Å². The number of hydrogen-bond donors (Lipinski definition) is 3. The van der Waals surface area contributed by atoms with Crippen LogP contribution in [0.15, 0.2) is 72.9 Å². The van der Waals surface area contributed by atoms with Crippen LogP contribution in [0, 0.1) is 5.82 Å². The van der Waals surface area contributed by atoms with Crippen LogP contribution in [0.25, 0.3) is 10.9 Å². The molecule has 0 bridgehead atoms. The summed E-state index contributed by atoms with van der Waals surface area (Å²) in [5.74, 6) is 0.642. The van der Waals surface area contributed by atoms with Crippen molar-refractivity contribution >= 4 is 22.6 Å². The summed E-state index contributed by atoms with van der Waals surface area (Å²) >= 11 is 0. The molecule has 1 aromatic heterocycles. The zero-order valence-electron chi connectivity index (χ0n) is 17.8. The summed E-state index contributed by atoms with van der Waals surface area (Å²) in [6, 6.07) is 19.1. The van der Waals surface area contributed by atoms with Gasteiger partial charge in [0.05, 0.1) is 19.9 Å². The SMILES string of the molecule is COc1ccc(OC)c(NC(=O)NCC(c2ccc(F)cc2)c2c[nH]c3ccccc23)c1. The third kappa shape index (κ3) is 4.51. The molecule has 4 rings (SSSR count). The van der Waals surface area contributed by atoms with Crippen LogP contribution in [0.2, 0.25) is 0 Å². The van der Waals surface area contributed by atoms with Crippen molar-refractivity contribution < 1.29 is 18.7 Å². The molecule has 0 radical (unpaired) electrons. The number of hydrogen-bond acceptors (Lipinski definition) is 3. The van der Waals surface area contributed by atoms with E-state index in [9.17, 15) is 9.18 Å².